The second-order valence-corrected chi connectivity index (χ2v) is 5.54. The number of nitrogens with zero attached hydrogens (tertiary/aromatic N) is 2. The molecule has 0 amide bonds. The molecule has 0 atom stereocenters. The minimum Gasteiger partial charge on any atom is -0.508 e. The van der Waals surface area contributed by atoms with Crippen LogP contribution in [0.3, 0.4) is 0 Å². The van der Waals surface area contributed by atoms with E-state index in [2.05, 4.69) is 27.6 Å². The van der Waals surface area contributed by atoms with Gasteiger partial charge in [-0.1, -0.05) is 12.1 Å². The number of aromatic hydroxyl groups is 1. The third-order valence-corrected chi connectivity index (χ3v) is 4.27. The fraction of sp³-hybridized carbons (Fsp3) is 0.200. The number of phenolic OH excluding ortho intramolecular Hbond substituents is 1. The highest BCUT2D eigenvalue weighted by atomic mass is 32.1. The lowest BCUT2D eigenvalue weighted by Gasteiger charge is -2.06. The van der Waals surface area contributed by atoms with Gasteiger partial charge in [0.15, 0.2) is 0 Å². The average molecular weight is 285 g/mol. The highest BCUT2D eigenvalue weighted by Gasteiger charge is 2.07. The quantitative estimate of drug-likeness (QED) is 0.771. The van der Waals surface area contributed by atoms with Crippen molar-refractivity contribution in [3.8, 4) is 5.75 Å². The van der Waals surface area contributed by atoms with Crippen LogP contribution in [0.1, 0.15) is 11.1 Å². The molecule has 0 aliphatic rings. The average Bonchev–Trinajstić information content (AvgIpc) is 2.84. The second-order valence-electron chi connectivity index (χ2n) is 4.66. The van der Waals surface area contributed by atoms with Crippen molar-refractivity contribution in [3.63, 3.8) is 0 Å². The second kappa shape index (κ2) is 5.46. The van der Waals surface area contributed by atoms with E-state index in [9.17, 15) is 5.11 Å². The number of benzene rings is 1. The Labute approximate surface area is 121 Å². The number of hydrogen-bond donors (Lipinski definition) is 2. The van der Waals surface area contributed by atoms with Crippen molar-refractivity contribution in [3.05, 3.63) is 47.1 Å². The topological polar surface area (TPSA) is 58.0 Å². The van der Waals surface area contributed by atoms with Gasteiger partial charge in [-0.3, -0.25) is 0 Å². The molecule has 0 fully saturated rings. The first-order valence-corrected chi connectivity index (χ1v) is 7.32. The number of nitrogens with one attached hydrogen (secondary N) is 1. The lowest BCUT2D eigenvalue weighted by Crippen LogP contribution is -2.06. The maximum absolute atomic E-state index is 9.25. The first kappa shape index (κ1) is 12.9. The molecule has 0 bridgehead atoms. The molecule has 1 aromatic carbocycles. The minimum atomic E-state index is 0.299. The molecule has 3 aromatic rings. The predicted octanol–water partition coefficient (Wildman–Crippen LogP) is 3.36. The van der Waals surface area contributed by atoms with Crippen LogP contribution in [0.4, 0.5) is 5.82 Å². The Hall–Kier alpha value is -2.14. The van der Waals surface area contributed by atoms with Gasteiger partial charge in [0, 0.05) is 6.54 Å². The molecule has 0 saturated carbocycles. The van der Waals surface area contributed by atoms with Crippen LogP contribution < -0.4 is 5.32 Å². The van der Waals surface area contributed by atoms with Crippen LogP contribution in [-0.4, -0.2) is 21.6 Å². The van der Waals surface area contributed by atoms with Gasteiger partial charge in [0.25, 0.3) is 0 Å². The summed E-state index contributed by atoms with van der Waals surface area (Å²) in [6.45, 7) is 2.86. The zero-order valence-corrected chi connectivity index (χ0v) is 11.9. The van der Waals surface area contributed by atoms with Crippen LogP contribution in [0.5, 0.6) is 5.75 Å². The number of rotatable bonds is 4. The van der Waals surface area contributed by atoms with Gasteiger partial charge in [0.2, 0.25) is 0 Å². The highest BCUT2D eigenvalue weighted by Crippen LogP contribution is 2.28. The van der Waals surface area contributed by atoms with E-state index in [0.717, 1.165) is 29.0 Å². The van der Waals surface area contributed by atoms with Gasteiger partial charge < -0.3 is 10.4 Å². The molecule has 2 N–H and O–H groups in total. The van der Waals surface area contributed by atoms with Crippen molar-refractivity contribution in [2.24, 2.45) is 0 Å². The lowest BCUT2D eigenvalue weighted by molar-refractivity contribution is 0.475. The summed E-state index contributed by atoms with van der Waals surface area (Å²) in [4.78, 5) is 8.62. The summed E-state index contributed by atoms with van der Waals surface area (Å²) in [5.41, 5.74) is 3.40. The van der Waals surface area contributed by atoms with Gasteiger partial charge in [-0.05, 0) is 42.0 Å². The first-order chi connectivity index (χ1) is 9.74. The minimum absolute atomic E-state index is 0.299. The molecular formula is C15H15N3OS. The molecule has 5 heteroatoms. The summed E-state index contributed by atoms with van der Waals surface area (Å²) in [5, 5.41) is 14.7. The molecule has 2 aromatic heterocycles. The maximum atomic E-state index is 9.25. The Kier molecular flexibility index (Phi) is 3.52. The maximum Gasteiger partial charge on any atom is 0.147 e. The number of fused-ring (bicyclic) bond motifs is 1. The molecule has 2 heterocycles. The largest absolute Gasteiger partial charge is 0.508 e. The van der Waals surface area contributed by atoms with Gasteiger partial charge in [-0.15, -0.1) is 11.3 Å². The van der Waals surface area contributed by atoms with E-state index in [1.54, 1.807) is 29.8 Å². The van der Waals surface area contributed by atoms with Crippen LogP contribution in [0.25, 0.3) is 10.2 Å². The van der Waals surface area contributed by atoms with E-state index in [1.807, 2.05) is 12.1 Å². The molecular weight excluding hydrogens is 270 g/mol. The van der Waals surface area contributed by atoms with E-state index in [0.29, 0.717) is 5.75 Å². The predicted molar refractivity (Wildman–Crippen MR) is 82.5 cm³/mol. The van der Waals surface area contributed by atoms with Crippen LogP contribution >= 0.6 is 11.3 Å². The van der Waals surface area contributed by atoms with E-state index in [4.69, 9.17) is 0 Å². The van der Waals surface area contributed by atoms with Gasteiger partial charge in [0.1, 0.15) is 17.9 Å². The molecule has 0 spiro atoms. The van der Waals surface area contributed by atoms with Crippen LogP contribution in [-0.2, 0) is 6.42 Å². The van der Waals surface area contributed by atoms with Crippen molar-refractivity contribution in [2.75, 3.05) is 11.9 Å². The van der Waals surface area contributed by atoms with Gasteiger partial charge in [-0.2, -0.15) is 0 Å². The van der Waals surface area contributed by atoms with Crippen LogP contribution in [0.2, 0.25) is 0 Å². The molecule has 20 heavy (non-hydrogen) atoms. The summed E-state index contributed by atoms with van der Waals surface area (Å²) in [6, 6.07) is 7.28. The van der Waals surface area contributed by atoms with E-state index in [1.165, 1.54) is 11.1 Å². The number of hydrogen-bond acceptors (Lipinski definition) is 5. The fourth-order valence-electron chi connectivity index (χ4n) is 2.08. The van der Waals surface area contributed by atoms with Crippen LogP contribution in [0.15, 0.2) is 36.0 Å². The summed E-state index contributed by atoms with van der Waals surface area (Å²) < 4.78 is 1.11. The summed E-state index contributed by atoms with van der Waals surface area (Å²) in [5.74, 6) is 1.19. The van der Waals surface area contributed by atoms with E-state index in [-0.39, 0.29) is 0 Å². The van der Waals surface area contributed by atoms with Gasteiger partial charge in [0.05, 0.1) is 10.2 Å². The highest BCUT2D eigenvalue weighted by molar-refractivity contribution is 7.18. The molecule has 102 valence electrons. The normalized spacial score (nSPS) is 10.8. The molecule has 4 nitrogen and oxygen atoms in total. The SMILES string of the molecule is Cc1csc2c(NCCc3ccc(O)cc3)ncnc12. The Morgan fingerprint density at radius 2 is 2.00 bits per heavy atom. The van der Waals surface area contributed by atoms with Crippen LogP contribution in [0, 0.1) is 6.92 Å². The molecule has 0 aliphatic carbocycles. The zero-order chi connectivity index (χ0) is 13.9. The fourth-order valence-corrected chi connectivity index (χ4v) is 3.05. The van der Waals surface area contributed by atoms with Crippen molar-refractivity contribution in [1.82, 2.24) is 9.97 Å². The Bertz CT molecular complexity index is 722. The number of phenols is 1. The number of thiophene rings is 1. The smallest absolute Gasteiger partial charge is 0.147 e. The zero-order valence-electron chi connectivity index (χ0n) is 11.1. The van der Waals surface area contributed by atoms with Crippen molar-refractivity contribution in [1.29, 1.82) is 0 Å². The van der Waals surface area contributed by atoms with E-state index >= 15 is 0 Å². The standard InChI is InChI=1S/C15H15N3OS/c1-10-8-20-14-13(10)17-9-18-15(14)16-7-6-11-2-4-12(19)5-3-11/h2-5,8-9,19H,6-7H2,1H3,(H,16,17,18). The third kappa shape index (κ3) is 2.58. The third-order valence-electron chi connectivity index (χ3n) is 3.17. The molecule has 0 saturated heterocycles. The lowest BCUT2D eigenvalue weighted by atomic mass is 10.1. The first-order valence-electron chi connectivity index (χ1n) is 6.44. The van der Waals surface area contributed by atoms with Gasteiger partial charge in [-0.25, -0.2) is 9.97 Å². The summed E-state index contributed by atoms with van der Waals surface area (Å²) >= 11 is 1.67. The number of aryl methyl sites for hydroxylation is 1. The summed E-state index contributed by atoms with van der Waals surface area (Å²) in [6.07, 6.45) is 2.49. The molecule has 0 unspecified atom stereocenters. The summed E-state index contributed by atoms with van der Waals surface area (Å²) in [7, 11) is 0. The Morgan fingerprint density at radius 3 is 2.80 bits per heavy atom. The Balaban J connectivity index is 1.69. The number of anilines is 1. The van der Waals surface area contributed by atoms with Gasteiger partial charge >= 0.3 is 0 Å². The van der Waals surface area contributed by atoms with Crippen molar-refractivity contribution < 1.29 is 5.11 Å². The van der Waals surface area contributed by atoms with Crippen molar-refractivity contribution in [2.45, 2.75) is 13.3 Å². The molecule has 3 rings (SSSR count). The monoisotopic (exact) mass is 285 g/mol. The molecule has 0 radical (unpaired) electrons. The Morgan fingerprint density at radius 1 is 1.20 bits per heavy atom. The van der Waals surface area contributed by atoms with Crippen molar-refractivity contribution >= 4 is 27.4 Å². The van der Waals surface area contributed by atoms with E-state index < -0.39 is 0 Å². The molecule has 0 aliphatic heterocycles. The number of aromatic nitrogens is 2.